The molecule has 0 bridgehead atoms. The lowest BCUT2D eigenvalue weighted by Crippen LogP contribution is -2.12. The first-order valence-corrected chi connectivity index (χ1v) is 8.89. The van der Waals surface area contributed by atoms with Crippen LogP contribution in [0.25, 0.3) is 21.3 Å². The van der Waals surface area contributed by atoms with Crippen LogP contribution in [0.2, 0.25) is 0 Å². The Hall–Kier alpha value is -2.98. The van der Waals surface area contributed by atoms with Gasteiger partial charge in [0.1, 0.15) is 4.83 Å². The minimum Gasteiger partial charge on any atom is -0.397 e. The van der Waals surface area contributed by atoms with Crippen LogP contribution in [-0.4, -0.2) is 15.8 Å². The van der Waals surface area contributed by atoms with Gasteiger partial charge in [-0.2, -0.15) is 10.3 Å². The first kappa shape index (κ1) is 15.5. The number of nitrogen functional groups attached to an aromatic ring is 1. The Bertz CT molecular complexity index is 1030. The summed E-state index contributed by atoms with van der Waals surface area (Å²) in [5.74, 6) is 0.137. The molecule has 3 heterocycles. The van der Waals surface area contributed by atoms with Crippen molar-refractivity contribution < 1.29 is 0 Å². The van der Waals surface area contributed by atoms with Crippen LogP contribution in [-0.2, 0) is 12.8 Å². The SMILES string of the molecule is N#CN=C(N)c1sc2nc3c(c(-c4cccnc4)c2c1N)CCCC3. The molecule has 3 aromatic rings. The molecule has 4 N–H and O–H groups in total. The van der Waals surface area contributed by atoms with Crippen LogP contribution >= 0.6 is 11.3 Å². The van der Waals surface area contributed by atoms with Crippen molar-refractivity contribution in [1.29, 1.82) is 5.26 Å². The highest BCUT2D eigenvalue weighted by Crippen LogP contribution is 2.43. The Kier molecular flexibility index (Phi) is 3.82. The normalized spacial score (nSPS) is 14.3. The fourth-order valence-corrected chi connectivity index (χ4v) is 4.46. The standard InChI is InChI=1S/C18H16N6S/c19-9-23-17(21)16-15(20)14-13(10-4-3-7-22-8-10)11-5-1-2-6-12(11)24-18(14)25-16/h3-4,7-8H,1-2,5-6,20H2,(H2,21,23). The Morgan fingerprint density at radius 1 is 1.32 bits per heavy atom. The number of nitrogens with two attached hydrogens (primary N) is 2. The molecule has 0 aliphatic heterocycles. The molecule has 25 heavy (non-hydrogen) atoms. The maximum absolute atomic E-state index is 8.79. The molecular weight excluding hydrogens is 332 g/mol. The molecule has 0 fully saturated rings. The summed E-state index contributed by atoms with van der Waals surface area (Å²) in [6.07, 6.45) is 9.57. The van der Waals surface area contributed by atoms with Gasteiger partial charge in [0, 0.05) is 34.6 Å². The minimum atomic E-state index is 0.137. The van der Waals surface area contributed by atoms with E-state index in [-0.39, 0.29) is 5.84 Å². The zero-order valence-corrected chi connectivity index (χ0v) is 14.3. The quantitative estimate of drug-likeness (QED) is 0.420. The van der Waals surface area contributed by atoms with Crippen LogP contribution in [0.3, 0.4) is 0 Å². The van der Waals surface area contributed by atoms with E-state index < -0.39 is 0 Å². The largest absolute Gasteiger partial charge is 0.397 e. The topological polar surface area (TPSA) is 114 Å². The number of hydrogen-bond donors (Lipinski definition) is 2. The third-order valence-electron chi connectivity index (χ3n) is 4.51. The van der Waals surface area contributed by atoms with Crippen LogP contribution < -0.4 is 11.5 Å². The van der Waals surface area contributed by atoms with Crippen molar-refractivity contribution >= 4 is 33.1 Å². The van der Waals surface area contributed by atoms with Gasteiger partial charge >= 0.3 is 0 Å². The van der Waals surface area contributed by atoms with Crippen molar-refractivity contribution in [2.75, 3.05) is 5.73 Å². The van der Waals surface area contributed by atoms with E-state index in [9.17, 15) is 0 Å². The summed E-state index contributed by atoms with van der Waals surface area (Å²) in [6, 6.07) is 3.96. The fraction of sp³-hybridized carbons (Fsp3) is 0.222. The molecule has 0 amide bonds. The number of nitriles is 1. The molecule has 1 aliphatic carbocycles. The van der Waals surface area contributed by atoms with Crippen molar-refractivity contribution in [1.82, 2.24) is 9.97 Å². The van der Waals surface area contributed by atoms with Gasteiger partial charge in [0.05, 0.1) is 10.6 Å². The van der Waals surface area contributed by atoms with Crippen LogP contribution in [0, 0.1) is 11.5 Å². The van der Waals surface area contributed by atoms with Gasteiger partial charge in [-0.15, -0.1) is 11.3 Å². The molecule has 0 unspecified atom stereocenters. The van der Waals surface area contributed by atoms with E-state index in [1.54, 1.807) is 12.4 Å². The van der Waals surface area contributed by atoms with Gasteiger partial charge in [0.25, 0.3) is 0 Å². The molecule has 124 valence electrons. The second-order valence-corrected chi connectivity index (χ2v) is 6.98. The second-order valence-electron chi connectivity index (χ2n) is 5.98. The number of amidine groups is 1. The van der Waals surface area contributed by atoms with E-state index in [1.165, 1.54) is 16.9 Å². The smallest absolute Gasteiger partial charge is 0.207 e. The molecule has 0 aromatic carbocycles. The predicted molar refractivity (Wildman–Crippen MR) is 100 cm³/mol. The Balaban J connectivity index is 2.10. The Morgan fingerprint density at radius 2 is 2.16 bits per heavy atom. The number of aryl methyl sites for hydroxylation is 1. The number of aliphatic imine (C=N–C) groups is 1. The zero-order valence-electron chi connectivity index (χ0n) is 13.5. The third-order valence-corrected chi connectivity index (χ3v) is 5.63. The van der Waals surface area contributed by atoms with Crippen molar-refractivity contribution in [3.05, 3.63) is 40.7 Å². The Labute approximate surface area is 148 Å². The maximum Gasteiger partial charge on any atom is 0.207 e. The van der Waals surface area contributed by atoms with Gasteiger partial charge in [-0.1, -0.05) is 6.07 Å². The average molecular weight is 348 g/mol. The van der Waals surface area contributed by atoms with Gasteiger partial charge in [0.2, 0.25) is 6.19 Å². The highest BCUT2D eigenvalue weighted by atomic mass is 32.1. The second kappa shape index (κ2) is 6.15. The molecule has 0 radical (unpaired) electrons. The summed E-state index contributed by atoms with van der Waals surface area (Å²) in [6.45, 7) is 0. The third kappa shape index (κ3) is 2.51. The molecule has 0 atom stereocenters. The summed E-state index contributed by atoms with van der Waals surface area (Å²) in [5, 5.41) is 9.68. The van der Waals surface area contributed by atoms with Crippen molar-refractivity contribution in [3.8, 4) is 17.3 Å². The van der Waals surface area contributed by atoms with Gasteiger partial charge in [-0.05, 0) is 37.3 Å². The fourth-order valence-electron chi connectivity index (χ4n) is 3.43. The summed E-state index contributed by atoms with van der Waals surface area (Å²) in [5.41, 5.74) is 17.4. The molecule has 7 heteroatoms. The number of fused-ring (bicyclic) bond motifs is 2. The number of nitrogens with zero attached hydrogens (tertiary/aromatic N) is 4. The zero-order chi connectivity index (χ0) is 17.4. The lowest BCUT2D eigenvalue weighted by atomic mass is 9.88. The summed E-state index contributed by atoms with van der Waals surface area (Å²) < 4.78 is 0. The van der Waals surface area contributed by atoms with Gasteiger partial charge in [-0.3, -0.25) is 4.98 Å². The maximum atomic E-state index is 8.79. The van der Waals surface area contributed by atoms with Gasteiger partial charge in [-0.25, -0.2) is 4.98 Å². The molecule has 1 aliphatic rings. The van der Waals surface area contributed by atoms with Crippen LogP contribution in [0.5, 0.6) is 0 Å². The summed E-state index contributed by atoms with van der Waals surface area (Å²) in [7, 11) is 0. The first-order valence-electron chi connectivity index (χ1n) is 8.07. The van der Waals surface area contributed by atoms with E-state index in [1.807, 2.05) is 18.3 Å². The number of hydrogen-bond acceptors (Lipinski definition) is 6. The van der Waals surface area contributed by atoms with Crippen LogP contribution in [0.4, 0.5) is 5.69 Å². The lowest BCUT2D eigenvalue weighted by Gasteiger charge is -2.20. The first-order chi connectivity index (χ1) is 12.2. The Morgan fingerprint density at radius 3 is 2.92 bits per heavy atom. The summed E-state index contributed by atoms with van der Waals surface area (Å²) in [4.78, 5) is 14.2. The average Bonchev–Trinajstić information content (AvgIpc) is 2.97. The van der Waals surface area contributed by atoms with E-state index in [0.717, 1.165) is 52.7 Å². The van der Waals surface area contributed by atoms with Crippen molar-refractivity contribution in [2.24, 2.45) is 10.7 Å². The van der Waals surface area contributed by atoms with E-state index in [4.69, 9.17) is 21.7 Å². The number of aromatic nitrogens is 2. The number of thiophene rings is 1. The van der Waals surface area contributed by atoms with E-state index in [2.05, 4.69) is 9.98 Å². The van der Waals surface area contributed by atoms with Crippen LogP contribution in [0.15, 0.2) is 29.5 Å². The van der Waals surface area contributed by atoms with Crippen LogP contribution in [0.1, 0.15) is 29.0 Å². The molecule has 0 saturated heterocycles. The predicted octanol–water partition coefficient (Wildman–Crippen LogP) is 3.01. The van der Waals surface area contributed by atoms with E-state index in [0.29, 0.717) is 10.6 Å². The minimum absolute atomic E-state index is 0.137. The lowest BCUT2D eigenvalue weighted by molar-refractivity contribution is 0.673. The highest BCUT2D eigenvalue weighted by Gasteiger charge is 2.24. The molecule has 0 saturated carbocycles. The molecular formula is C18H16N6S. The van der Waals surface area contributed by atoms with Gasteiger partial charge in [0.15, 0.2) is 5.84 Å². The number of rotatable bonds is 2. The van der Waals surface area contributed by atoms with Crippen molar-refractivity contribution in [2.45, 2.75) is 25.7 Å². The monoisotopic (exact) mass is 348 g/mol. The molecule has 6 nitrogen and oxygen atoms in total. The van der Waals surface area contributed by atoms with E-state index >= 15 is 0 Å². The van der Waals surface area contributed by atoms with Gasteiger partial charge < -0.3 is 11.5 Å². The number of pyridine rings is 2. The van der Waals surface area contributed by atoms with Crippen molar-refractivity contribution in [3.63, 3.8) is 0 Å². The molecule has 0 spiro atoms. The summed E-state index contributed by atoms with van der Waals surface area (Å²) >= 11 is 1.39. The highest BCUT2D eigenvalue weighted by molar-refractivity contribution is 7.21. The molecule has 4 rings (SSSR count). The number of anilines is 1. The molecule has 3 aromatic heterocycles.